The predicted octanol–water partition coefficient (Wildman–Crippen LogP) is 1.84. The highest BCUT2D eigenvalue weighted by Gasteiger charge is 2.26. The van der Waals surface area contributed by atoms with E-state index in [2.05, 4.69) is 15.0 Å². The molecule has 0 aromatic carbocycles. The first-order valence-corrected chi connectivity index (χ1v) is 8.98. The average molecular weight is 393 g/mol. The van der Waals surface area contributed by atoms with Gasteiger partial charge in [0.15, 0.2) is 17.5 Å². The topological polar surface area (TPSA) is 113 Å². The first-order chi connectivity index (χ1) is 13.4. The molecule has 3 rings (SSSR count). The van der Waals surface area contributed by atoms with E-state index in [1.54, 1.807) is 18.7 Å². The number of hydrogen-bond acceptors (Lipinski definition) is 7. The van der Waals surface area contributed by atoms with Crippen molar-refractivity contribution < 1.29 is 23.5 Å². The summed E-state index contributed by atoms with van der Waals surface area (Å²) in [6, 6.07) is 0. The summed E-state index contributed by atoms with van der Waals surface area (Å²) in [5, 5.41) is 6.89. The molecule has 10 heteroatoms. The molecule has 0 bridgehead atoms. The number of aromatic nitrogens is 3. The summed E-state index contributed by atoms with van der Waals surface area (Å²) in [5.74, 6) is 0.538. The van der Waals surface area contributed by atoms with Gasteiger partial charge in [0.25, 0.3) is 12.4 Å². The molecule has 0 atom stereocenters. The number of carboxylic acid groups (broad SMARTS) is 1. The van der Waals surface area contributed by atoms with Crippen LogP contribution in [0.25, 0.3) is 0 Å². The van der Waals surface area contributed by atoms with Crippen molar-refractivity contribution in [3.63, 3.8) is 0 Å². The van der Waals surface area contributed by atoms with Crippen molar-refractivity contribution in [3.8, 4) is 0 Å². The Bertz CT molecular complexity index is 826. The van der Waals surface area contributed by atoms with Gasteiger partial charge in [-0.3, -0.25) is 9.59 Å². The van der Waals surface area contributed by atoms with Crippen LogP contribution in [0.15, 0.2) is 10.7 Å². The summed E-state index contributed by atoms with van der Waals surface area (Å²) < 4.78 is 19.9. The molecule has 0 saturated carbocycles. The van der Waals surface area contributed by atoms with Crippen molar-refractivity contribution in [2.45, 2.75) is 33.6 Å². The van der Waals surface area contributed by atoms with Crippen LogP contribution in [0.4, 0.5) is 10.2 Å². The molecular weight excluding hydrogens is 369 g/mol. The van der Waals surface area contributed by atoms with Gasteiger partial charge in [0, 0.05) is 33.1 Å². The van der Waals surface area contributed by atoms with Gasteiger partial charge in [-0.15, -0.1) is 0 Å². The molecule has 28 heavy (non-hydrogen) atoms. The molecule has 2 aromatic heterocycles. The number of carbonyl (C=O) groups excluding carboxylic acids is 1. The first kappa shape index (κ1) is 21.3. The van der Waals surface area contributed by atoms with E-state index in [4.69, 9.17) is 14.3 Å². The number of anilines is 1. The van der Waals surface area contributed by atoms with Crippen molar-refractivity contribution in [2.24, 2.45) is 0 Å². The van der Waals surface area contributed by atoms with Crippen molar-refractivity contribution in [3.05, 3.63) is 35.2 Å². The molecule has 3 heterocycles. The van der Waals surface area contributed by atoms with Crippen LogP contribution in [0, 0.1) is 19.7 Å². The number of hydrogen-bond donors (Lipinski definition) is 1. The van der Waals surface area contributed by atoms with Crippen LogP contribution in [0.5, 0.6) is 0 Å². The Labute approximate surface area is 162 Å². The quantitative estimate of drug-likeness (QED) is 0.786. The van der Waals surface area contributed by atoms with Crippen molar-refractivity contribution in [1.29, 1.82) is 0 Å². The fourth-order valence-corrected chi connectivity index (χ4v) is 3.07. The summed E-state index contributed by atoms with van der Waals surface area (Å²) in [7, 11) is 0. The Morgan fingerprint density at radius 3 is 2.61 bits per heavy atom. The SMILES string of the molecule is CCc1ncnc(N2CCCN(C(=O)c3oc(C)nc3C)CC2)c1F.O=CO. The zero-order valence-electron chi connectivity index (χ0n) is 16.2. The number of halogens is 1. The summed E-state index contributed by atoms with van der Waals surface area (Å²) in [5.41, 5.74) is 1.01. The number of aryl methyl sites for hydroxylation is 3. The molecule has 0 aliphatic carbocycles. The van der Waals surface area contributed by atoms with Gasteiger partial charge in [-0.05, 0) is 19.8 Å². The largest absolute Gasteiger partial charge is 0.483 e. The normalized spacial score (nSPS) is 14.1. The maximum Gasteiger partial charge on any atom is 0.291 e. The molecule has 1 fully saturated rings. The van der Waals surface area contributed by atoms with Crippen LogP contribution < -0.4 is 4.90 Å². The Balaban J connectivity index is 0.000000878. The highest BCUT2D eigenvalue weighted by atomic mass is 19.1. The number of nitrogens with zero attached hydrogens (tertiary/aromatic N) is 5. The maximum absolute atomic E-state index is 14.5. The Morgan fingerprint density at radius 2 is 2.00 bits per heavy atom. The predicted molar refractivity (Wildman–Crippen MR) is 98.8 cm³/mol. The second-order valence-electron chi connectivity index (χ2n) is 6.20. The van der Waals surface area contributed by atoms with E-state index >= 15 is 0 Å². The van der Waals surface area contributed by atoms with Gasteiger partial charge in [-0.2, -0.15) is 0 Å². The van der Waals surface area contributed by atoms with Gasteiger partial charge in [0.05, 0.1) is 11.4 Å². The summed E-state index contributed by atoms with van der Waals surface area (Å²) in [6.45, 7) is 7.29. The minimum absolute atomic E-state index is 0.169. The third kappa shape index (κ3) is 4.81. The lowest BCUT2D eigenvalue weighted by atomic mass is 10.3. The van der Waals surface area contributed by atoms with Crippen LogP contribution in [0.2, 0.25) is 0 Å². The zero-order chi connectivity index (χ0) is 20.7. The Morgan fingerprint density at radius 1 is 1.29 bits per heavy atom. The minimum atomic E-state index is -0.369. The second-order valence-corrected chi connectivity index (χ2v) is 6.20. The number of rotatable bonds is 3. The van der Waals surface area contributed by atoms with Crippen molar-refractivity contribution in [2.75, 3.05) is 31.1 Å². The molecule has 9 nitrogen and oxygen atoms in total. The van der Waals surface area contributed by atoms with E-state index in [0.717, 1.165) is 6.42 Å². The van der Waals surface area contributed by atoms with Crippen LogP contribution in [-0.4, -0.2) is 63.5 Å². The smallest absolute Gasteiger partial charge is 0.291 e. The molecule has 0 radical (unpaired) electrons. The molecule has 1 saturated heterocycles. The van der Waals surface area contributed by atoms with Crippen LogP contribution >= 0.6 is 0 Å². The third-order valence-corrected chi connectivity index (χ3v) is 4.36. The van der Waals surface area contributed by atoms with Crippen LogP contribution in [-0.2, 0) is 11.2 Å². The summed E-state index contributed by atoms with van der Waals surface area (Å²) >= 11 is 0. The Kier molecular flexibility index (Phi) is 7.42. The molecule has 152 valence electrons. The third-order valence-electron chi connectivity index (χ3n) is 4.36. The van der Waals surface area contributed by atoms with Gasteiger partial charge < -0.3 is 19.3 Å². The van der Waals surface area contributed by atoms with Crippen LogP contribution in [0.3, 0.4) is 0 Å². The number of carbonyl (C=O) groups is 2. The summed E-state index contributed by atoms with van der Waals surface area (Å²) in [6.07, 6.45) is 2.64. The second kappa shape index (κ2) is 9.77. The van der Waals surface area contributed by atoms with Crippen molar-refractivity contribution in [1.82, 2.24) is 19.9 Å². The van der Waals surface area contributed by atoms with E-state index in [9.17, 15) is 9.18 Å². The first-order valence-electron chi connectivity index (χ1n) is 8.98. The van der Waals surface area contributed by atoms with Gasteiger partial charge in [0.1, 0.15) is 6.33 Å². The molecule has 2 aromatic rings. The molecule has 0 spiro atoms. The van der Waals surface area contributed by atoms with E-state index < -0.39 is 0 Å². The van der Waals surface area contributed by atoms with Gasteiger partial charge >= 0.3 is 0 Å². The molecule has 1 aliphatic heterocycles. The fourth-order valence-electron chi connectivity index (χ4n) is 3.07. The van der Waals surface area contributed by atoms with Gasteiger partial charge in [0.2, 0.25) is 5.76 Å². The lowest BCUT2D eigenvalue weighted by Gasteiger charge is -2.23. The summed E-state index contributed by atoms with van der Waals surface area (Å²) in [4.78, 5) is 36.9. The van der Waals surface area contributed by atoms with Crippen LogP contribution in [0.1, 0.15) is 41.2 Å². The molecule has 0 unspecified atom stereocenters. The van der Waals surface area contributed by atoms with E-state index in [1.165, 1.54) is 6.33 Å². The van der Waals surface area contributed by atoms with E-state index in [0.29, 0.717) is 55.7 Å². The molecular formula is C18H24FN5O4. The zero-order valence-corrected chi connectivity index (χ0v) is 16.2. The van der Waals surface area contributed by atoms with Gasteiger partial charge in [-0.1, -0.05) is 6.92 Å². The lowest BCUT2D eigenvalue weighted by Crippen LogP contribution is -2.35. The average Bonchev–Trinajstić information content (AvgIpc) is 2.86. The highest BCUT2D eigenvalue weighted by molar-refractivity contribution is 5.92. The monoisotopic (exact) mass is 393 g/mol. The minimum Gasteiger partial charge on any atom is -0.483 e. The number of oxazole rings is 1. The number of amides is 1. The highest BCUT2D eigenvalue weighted by Crippen LogP contribution is 2.21. The van der Waals surface area contributed by atoms with Gasteiger partial charge in [-0.25, -0.2) is 19.3 Å². The molecule has 1 amide bonds. The lowest BCUT2D eigenvalue weighted by molar-refractivity contribution is -0.122. The standard InChI is InChI=1S/C17H22FN5O2.CH2O2/c1-4-13-14(18)16(20-10-19-13)22-6-5-7-23(9-8-22)17(24)15-11(2)21-12(3)25-15;2-1-3/h10H,4-9H2,1-3H3;1H,(H,2,3). The maximum atomic E-state index is 14.5. The van der Waals surface area contributed by atoms with E-state index in [1.807, 2.05) is 11.8 Å². The molecule has 1 N–H and O–H groups in total. The van der Waals surface area contributed by atoms with Crippen molar-refractivity contribution >= 4 is 18.2 Å². The van der Waals surface area contributed by atoms with E-state index in [-0.39, 0.29) is 24.0 Å². The molecule has 1 aliphatic rings. The Hall–Kier alpha value is -3.04. The fraction of sp³-hybridized carbons (Fsp3) is 0.500.